The van der Waals surface area contributed by atoms with Crippen LogP contribution in [0.4, 0.5) is 0 Å². The van der Waals surface area contributed by atoms with Gasteiger partial charge in [0.2, 0.25) is 5.91 Å². The van der Waals surface area contributed by atoms with E-state index >= 15 is 0 Å². The van der Waals surface area contributed by atoms with Gasteiger partial charge in [0.15, 0.2) is 5.78 Å². The Morgan fingerprint density at radius 3 is 2.78 bits per heavy atom. The summed E-state index contributed by atoms with van der Waals surface area (Å²) < 4.78 is 8.14. The van der Waals surface area contributed by atoms with Crippen LogP contribution in [0.1, 0.15) is 46.4 Å². The lowest BCUT2D eigenvalue weighted by Gasteiger charge is -2.18. The number of ketones is 1. The van der Waals surface area contributed by atoms with Crippen molar-refractivity contribution in [1.29, 1.82) is 0 Å². The van der Waals surface area contributed by atoms with Crippen molar-refractivity contribution >= 4 is 17.7 Å². The third-order valence-corrected chi connectivity index (χ3v) is 2.72. The molecular weight excluding hydrogens is 230 g/mol. The van der Waals surface area contributed by atoms with Gasteiger partial charge >= 0.3 is 0 Å². The molecule has 0 unspecified atom stereocenters. The molecule has 18 heavy (non-hydrogen) atoms. The molecule has 0 radical (unpaired) electrons. The molecule has 0 aliphatic carbocycles. The van der Waals surface area contributed by atoms with Crippen molar-refractivity contribution in [2.24, 2.45) is 0 Å². The van der Waals surface area contributed by atoms with Crippen molar-refractivity contribution in [1.82, 2.24) is 15.3 Å². The lowest BCUT2D eigenvalue weighted by molar-refractivity contribution is -0.127. The fraction of sp³-hybridized carbons (Fsp3) is 0.462. The molecule has 0 saturated carbocycles. The van der Waals surface area contributed by atoms with Gasteiger partial charge in [0.05, 0.1) is 24.8 Å². The number of rotatable bonds is 1. The Hall–Kier alpha value is -1.91. The first kappa shape index (κ1) is 11.2. The minimum absolute atomic E-state index is 0.000440. The van der Waals surface area contributed by atoms with E-state index in [2.05, 4.69) is 15.3 Å². The molecule has 2 heterocycles. The van der Waals surface area contributed by atoms with Crippen LogP contribution in [0.25, 0.3) is 6.05 Å². The van der Waals surface area contributed by atoms with E-state index in [-0.39, 0.29) is 41.7 Å². The van der Waals surface area contributed by atoms with Gasteiger partial charge in [-0.15, -0.1) is 0 Å². The summed E-state index contributed by atoms with van der Waals surface area (Å²) in [5, 5.41) is 2.49. The number of Topliss-reactive ketones (excluding diaryl/α,β-unsaturated/α-hetero) is 1. The van der Waals surface area contributed by atoms with E-state index in [9.17, 15) is 9.59 Å². The highest BCUT2D eigenvalue weighted by atomic mass is 16.2. The fourth-order valence-corrected chi connectivity index (χ4v) is 1.81. The van der Waals surface area contributed by atoms with Crippen LogP contribution in [-0.4, -0.2) is 21.7 Å². The van der Waals surface area contributed by atoms with Gasteiger partial charge in [-0.1, -0.05) is 20.8 Å². The Morgan fingerprint density at radius 1 is 1.39 bits per heavy atom. The zero-order valence-corrected chi connectivity index (χ0v) is 10.8. The SMILES string of the molecule is [2H]/C(=C1/NC(=O)CCC1=O)c1[nH]cnc1C(C)(C)C. The number of aromatic nitrogens is 2. The summed E-state index contributed by atoms with van der Waals surface area (Å²) in [5.74, 6) is -0.435. The van der Waals surface area contributed by atoms with Crippen LogP contribution >= 0.6 is 0 Å². The van der Waals surface area contributed by atoms with Crippen LogP contribution in [0.15, 0.2) is 12.0 Å². The van der Waals surface area contributed by atoms with Gasteiger partial charge in [-0.3, -0.25) is 9.59 Å². The van der Waals surface area contributed by atoms with Gasteiger partial charge in [0.1, 0.15) is 0 Å². The van der Waals surface area contributed by atoms with E-state index in [4.69, 9.17) is 1.37 Å². The molecule has 1 fully saturated rings. The molecule has 1 aliphatic heterocycles. The molecule has 1 amide bonds. The number of carbonyl (C=O) groups is 2. The monoisotopic (exact) mass is 248 g/mol. The van der Waals surface area contributed by atoms with Gasteiger partial charge in [0, 0.05) is 18.3 Å². The zero-order valence-electron chi connectivity index (χ0n) is 11.8. The summed E-state index contributed by atoms with van der Waals surface area (Å²) >= 11 is 0. The number of allylic oxidation sites excluding steroid dienone is 1. The number of nitrogens with zero attached hydrogens (tertiary/aromatic N) is 1. The molecule has 0 aromatic carbocycles. The molecule has 1 aromatic rings. The van der Waals surface area contributed by atoms with Crippen molar-refractivity contribution in [2.45, 2.75) is 39.0 Å². The number of carbonyl (C=O) groups excluding carboxylic acids is 2. The number of imidazole rings is 1. The number of aromatic amines is 1. The molecule has 2 rings (SSSR count). The molecule has 0 atom stereocenters. The van der Waals surface area contributed by atoms with Crippen molar-refractivity contribution in [3.63, 3.8) is 0 Å². The Bertz CT molecular complexity index is 567. The highest BCUT2D eigenvalue weighted by Crippen LogP contribution is 2.24. The largest absolute Gasteiger partial charge is 0.345 e. The van der Waals surface area contributed by atoms with Gasteiger partial charge < -0.3 is 10.3 Å². The van der Waals surface area contributed by atoms with E-state index in [0.29, 0.717) is 11.4 Å². The van der Waals surface area contributed by atoms with Crippen molar-refractivity contribution < 1.29 is 11.0 Å². The molecule has 1 aliphatic rings. The first-order valence-electron chi connectivity index (χ1n) is 6.39. The Kier molecular flexibility index (Phi) is 2.74. The van der Waals surface area contributed by atoms with E-state index in [0.717, 1.165) is 0 Å². The van der Waals surface area contributed by atoms with Crippen molar-refractivity contribution in [3.05, 3.63) is 23.4 Å². The lowest BCUT2D eigenvalue weighted by Crippen LogP contribution is -2.32. The topological polar surface area (TPSA) is 74.8 Å². The molecule has 2 N–H and O–H groups in total. The van der Waals surface area contributed by atoms with Gasteiger partial charge in [-0.25, -0.2) is 4.98 Å². The Labute approximate surface area is 107 Å². The number of piperidine rings is 1. The number of H-pyrrole nitrogens is 1. The minimum atomic E-state index is -0.246. The standard InChI is InChI=1S/C13H17N3O2/c1-13(2,3)12-9(14-7-15-12)6-8-10(17)4-5-11(18)16-8/h6-7H,4-5H2,1-3H3,(H,14,15)(H,16,18)/b8-6-/i6D. The zero-order chi connectivity index (χ0) is 14.2. The van der Waals surface area contributed by atoms with Gasteiger partial charge in [-0.2, -0.15) is 0 Å². The smallest absolute Gasteiger partial charge is 0.224 e. The predicted molar refractivity (Wildman–Crippen MR) is 67.6 cm³/mol. The van der Waals surface area contributed by atoms with Crippen LogP contribution < -0.4 is 5.32 Å². The summed E-state index contributed by atoms with van der Waals surface area (Å²) in [7, 11) is 0. The van der Waals surface area contributed by atoms with E-state index in [1.54, 1.807) is 0 Å². The first-order valence-corrected chi connectivity index (χ1v) is 5.89. The van der Waals surface area contributed by atoms with E-state index in [1.165, 1.54) is 6.33 Å². The average Bonchev–Trinajstić information content (AvgIpc) is 2.80. The van der Waals surface area contributed by atoms with Crippen LogP contribution in [0.2, 0.25) is 0 Å². The summed E-state index contributed by atoms with van der Waals surface area (Å²) in [5.41, 5.74) is 1.01. The molecule has 5 nitrogen and oxygen atoms in total. The highest BCUT2D eigenvalue weighted by molar-refractivity contribution is 6.06. The first-order chi connectivity index (χ1) is 8.80. The molecule has 0 spiro atoms. The van der Waals surface area contributed by atoms with Crippen LogP contribution in [0.3, 0.4) is 0 Å². The second kappa shape index (κ2) is 4.40. The van der Waals surface area contributed by atoms with Gasteiger partial charge in [0.25, 0.3) is 0 Å². The molecule has 1 saturated heterocycles. The normalized spacial score (nSPS) is 20.5. The average molecular weight is 248 g/mol. The summed E-state index contributed by atoms with van der Waals surface area (Å²) in [6.45, 7) is 5.93. The maximum Gasteiger partial charge on any atom is 0.224 e. The summed E-state index contributed by atoms with van der Waals surface area (Å²) in [6.07, 6.45) is 1.84. The Morgan fingerprint density at radius 2 is 2.11 bits per heavy atom. The summed E-state index contributed by atoms with van der Waals surface area (Å²) in [4.78, 5) is 30.3. The third kappa shape index (κ3) is 2.50. The lowest BCUT2D eigenvalue weighted by atomic mass is 9.90. The second-order valence-corrected chi connectivity index (χ2v) is 5.35. The van der Waals surface area contributed by atoms with Crippen LogP contribution in [0, 0.1) is 0 Å². The second-order valence-electron chi connectivity index (χ2n) is 5.35. The predicted octanol–water partition coefficient (Wildman–Crippen LogP) is 1.53. The van der Waals surface area contributed by atoms with Crippen molar-refractivity contribution in [3.8, 4) is 0 Å². The number of nitrogens with one attached hydrogen (secondary N) is 2. The third-order valence-electron chi connectivity index (χ3n) is 2.72. The maximum absolute atomic E-state index is 11.8. The van der Waals surface area contributed by atoms with Crippen LogP contribution in [-0.2, 0) is 15.0 Å². The van der Waals surface area contributed by atoms with Gasteiger partial charge in [-0.05, 0) is 6.05 Å². The Balaban J connectivity index is 2.49. The quantitative estimate of drug-likeness (QED) is 0.740. The number of hydrogen-bond acceptors (Lipinski definition) is 3. The summed E-state index contributed by atoms with van der Waals surface area (Å²) in [6, 6.07) is 0.000440. The van der Waals surface area contributed by atoms with E-state index in [1.807, 2.05) is 20.8 Å². The molecule has 1 aromatic heterocycles. The number of hydrogen-bond donors (Lipinski definition) is 2. The highest BCUT2D eigenvalue weighted by Gasteiger charge is 2.23. The molecule has 0 bridgehead atoms. The van der Waals surface area contributed by atoms with Crippen LogP contribution in [0.5, 0.6) is 0 Å². The molecule has 5 heteroatoms. The minimum Gasteiger partial charge on any atom is -0.345 e. The molecule has 96 valence electrons. The molecular formula is C13H17N3O2. The van der Waals surface area contributed by atoms with E-state index < -0.39 is 0 Å². The number of amides is 1. The fourth-order valence-electron chi connectivity index (χ4n) is 1.81. The maximum atomic E-state index is 11.8. The van der Waals surface area contributed by atoms with Crippen molar-refractivity contribution in [2.75, 3.05) is 0 Å².